The number of benzene rings is 1. The summed E-state index contributed by atoms with van der Waals surface area (Å²) in [6, 6.07) is 8.33. The fraction of sp³-hybridized carbons (Fsp3) is 0.471. The molecule has 3 rings (SSSR count). The van der Waals surface area contributed by atoms with Gasteiger partial charge in [-0.1, -0.05) is 36.3 Å². The molecule has 1 aromatic carbocycles. The van der Waals surface area contributed by atoms with Gasteiger partial charge in [0, 0.05) is 19.4 Å². The zero-order chi connectivity index (χ0) is 17.6. The van der Waals surface area contributed by atoms with E-state index in [9.17, 15) is 9.59 Å². The van der Waals surface area contributed by atoms with Crippen molar-refractivity contribution in [2.24, 2.45) is 0 Å². The van der Waals surface area contributed by atoms with Gasteiger partial charge in [0.2, 0.25) is 17.8 Å². The fourth-order valence-corrected chi connectivity index (χ4v) is 3.24. The molecule has 2 amide bonds. The number of tetrazole rings is 1. The van der Waals surface area contributed by atoms with Gasteiger partial charge in [-0.15, -0.1) is 0 Å². The van der Waals surface area contributed by atoms with E-state index in [2.05, 4.69) is 38.1 Å². The largest absolute Gasteiger partial charge is 0.336 e. The van der Waals surface area contributed by atoms with Crippen LogP contribution in [-0.4, -0.2) is 43.9 Å². The quantitative estimate of drug-likeness (QED) is 0.833. The monoisotopic (exact) mass is 342 g/mol. The maximum atomic E-state index is 12.1. The number of amides is 2. The Morgan fingerprint density at radius 1 is 1.40 bits per heavy atom. The summed E-state index contributed by atoms with van der Waals surface area (Å²) < 4.78 is 0. The Morgan fingerprint density at radius 3 is 3.04 bits per heavy atom. The third-order valence-electron chi connectivity index (χ3n) is 4.46. The van der Waals surface area contributed by atoms with Gasteiger partial charge in [-0.3, -0.25) is 14.9 Å². The predicted molar refractivity (Wildman–Crippen MR) is 91.5 cm³/mol. The molecule has 8 heteroatoms. The number of nitrogens with one attached hydrogen (secondary N) is 2. The molecule has 132 valence electrons. The molecule has 1 aromatic heterocycles. The summed E-state index contributed by atoms with van der Waals surface area (Å²) in [5.41, 5.74) is 2.23. The van der Waals surface area contributed by atoms with Crippen LogP contribution in [0.4, 0.5) is 5.95 Å². The minimum Gasteiger partial charge on any atom is -0.336 e. The van der Waals surface area contributed by atoms with E-state index in [-0.39, 0.29) is 23.8 Å². The number of aromatic nitrogens is 4. The van der Waals surface area contributed by atoms with Crippen molar-refractivity contribution in [1.82, 2.24) is 25.5 Å². The first-order chi connectivity index (χ1) is 12.2. The summed E-state index contributed by atoms with van der Waals surface area (Å²) in [6.45, 7) is 2.73. The van der Waals surface area contributed by atoms with Crippen LogP contribution in [0.5, 0.6) is 0 Å². The van der Waals surface area contributed by atoms with Gasteiger partial charge in [-0.25, -0.2) is 5.10 Å². The molecule has 25 heavy (non-hydrogen) atoms. The van der Waals surface area contributed by atoms with Gasteiger partial charge in [-0.2, -0.15) is 0 Å². The Balaban J connectivity index is 1.61. The lowest BCUT2D eigenvalue weighted by atomic mass is 9.99. The van der Waals surface area contributed by atoms with E-state index in [0.29, 0.717) is 19.3 Å². The van der Waals surface area contributed by atoms with Crippen LogP contribution in [0, 0.1) is 0 Å². The summed E-state index contributed by atoms with van der Waals surface area (Å²) >= 11 is 0. The van der Waals surface area contributed by atoms with Crippen LogP contribution < -0.4 is 5.32 Å². The Bertz CT molecular complexity index is 730. The van der Waals surface area contributed by atoms with E-state index in [1.807, 2.05) is 24.0 Å². The lowest BCUT2D eigenvalue weighted by molar-refractivity contribution is -0.131. The smallest absolute Gasteiger partial charge is 0.246 e. The maximum absolute atomic E-state index is 12.1. The van der Waals surface area contributed by atoms with E-state index in [1.54, 1.807) is 0 Å². The van der Waals surface area contributed by atoms with Gasteiger partial charge in [0.15, 0.2) is 0 Å². The Hall–Kier alpha value is -2.77. The van der Waals surface area contributed by atoms with Crippen molar-refractivity contribution in [1.29, 1.82) is 0 Å². The van der Waals surface area contributed by atoms with Gasteiger partial charge < -0.3 is 4.90 Å². The highest BCUT2D eigenvalue weighted by molar-refractivity contribution is 5.88. The van der Waals surface area contributed by atoms with E-state index >= 15 is 0 Å². The second-order valence-corrected chi connectivity index (χ2v) is 6.14. The Morgan fingerprint density at radius 2 is 2.28 bits per heavy atom. The van der Waals surface area contributed by atoms with Gasteiger partial charge in [0.1, 0.15) is 0 Å². The number of H-pyrrole nitrogens is 1. The first kappa shape index (κ1) is 17.1. The Labute approximate surface area is 146 Å². The molecular formula is C17H22N6O2. The molecule has 2 aromatic rings. The number of likely N-dealkylation sites (tertiary alicyclic amines) is 1. The average molecular weight is 342 g/mol. The number of anilines is 1. The van der Waals surface area contributed by atoms with Crippen LogP contribution in [0.15, 0.2) is 24.3 Å². The van der Waals surface area contributed by atoms with Crippen LogP contribution >= 0.6 is 0 Å². The van der Waals surface area contributed by atoms with Crippen molar-refractivity contribution >= 4 is 17.8 Å². The highest BCUT2D eigenvalue weighted by Gasteiger charge is 2.28. The van der Waals surface area contributed by atoms with E-state index in [1.165, 1.54) is 0 Å². The van der Waals surface area contributed by atoms with Crippen molar-refractivity contribution in [3.05, 3.63) is 35.4 Å². The molecule has 8 nitrogen and oxygen atoms in total. The zero-order valence-corrected chi connectivity index (χ0v) is 14.2. The average Bonchev–Trinajstić information content (AvgIpc) is 3.31. The molecule has 1 atom stereocenters. The van der Waals surface area contributed by atoms with Gasteiger partial charge in [0.05, 0.1) is 6.04 Å². The number of rotatable bonds is 6. The fourth-order valence-electron chi connectivity index (χ4n) is 3.24. The van der Waals surface area contributed by atoms with Crippen molar-refractivity contribution < 1.29 is 9.59 Å². The maximum Gasteiger partial charge on any atom is 0.246 e. The lowest BCUT2D eigenvalue weighted by Crippen LogP contribution is -2.29. The van der Waals surface area contributed by atoms with Crippen molar-refractivity contribution in [3.63, 3.8) is 0 Å². The summed E-state index contributed by atoms with van der Waals surface area (Å²) in [5.74, 6) is 0.305. The number of hydrogen-bond acceptors (Lipinski definition) is 5. The minimum absolute atomic E-state index is 0.146. The standard InChI is InChI=1S/C17H22N6O2/c1-2-16(25)23-10-4-7-14(23)13-6-3-5-12(11-13)8-9-15(24)18-17-19-21-22-20-17/h3,5-6,11,14H,2,4,7-10H2,1H3,(H2,18,19,20,21,22,24). The molecule has 0 radical (unpaired) electrons. The highest BCUT2D eigenvalue weighted by Crippen LogP contribution is 2.32. The minimum atomic E-state index is -0.146. The molecule has 1 fully saturated rings. The van der Waals surface area contributed by atoms with Gasteiger partial charge >= 0.3 is 0 Å². The third kappa shape index (κ3) is 4.20. The van der Waals surface area contributed by atoms with Gasteiger partial charge in [0.25, 0.3) is 0 Å². The second-order valence-electron chi connectivity index (χ2n) is 6.14. The molecule has 1 aliphatic heterocycles. The van der Waals surface area contributed by atoms with Crippen molar-refractivity contribution in [3.8, 4) is 0 Å². The molecule has 1 aliphatic rings. The molecule has 1 unspecified atom stereocenters. The Kier molecular flexibility index (Phi) is 5.37. The van der Waals surface area contributed by atoms with Crippen LogP contribution in [0.25, 0.3) is 0 Å². The molecule has 0 aliphatic carbocycles. The summed E-state index contributed by atoms with van der Waals surface area (Å²) in [5, 5.41) is 15.5. The number of aryl methyl sites for hydroxylation is 1. The topological polar surface area (TPSA) is 104 Å². The summed E-state index contributed by atoms with van der Waals surface area (Å²) in [7, 11) is 0. The molecular weight excluding hydrogens is 320 g/mol. The zero-order valence-electron chi connectivity index (χ0n) is 14.2. The number of carbonyl (C=O) groups is 2. The molecule has 0 saturated carbocycles. The summed E-state index contributed by atoms with van der Waals surface area (Å²) in [6.07, 6.45) is 3.53. The van der Waals surface area contributed by atoms with Crippen LogP contribution in [0.2, 0.25) is 0 Å². The number of carbonyl (C=O) groups excluding carboxylic acids is 2. The third-order valence-corrected chi connectivity index (χ3v) is 4.46. The number of aromatic amines is 1. The van der Waals surface area contributed by atoms with Crippen LogP contribution in [0.1, 0.15) is 49.8 Å². The highest BCUT2D eigenvalue weighted by atomic mass is 16.2. The number of nitrogens with zero attached hydrogens (tertiary/aromatic N) is 4. The van der Waals surface area contributed by atoms with Crippen LogP contribution in [0.3, 0.4) is 0 Å². The first-order valence-electron chi connectivity index (χ1n) is 8.59. The van der Waals surface area contributed by atoms with E-state index in [0.717, 1.165) is 30.5 Å². The van der Waals surface area contributed by atoms with Gasteiger partial charge in [-0.05, 0) is 40.8 Å². The predicted octanol–water partition coefficient (Wildman–Crippen LogP) is 1.84. The number of hydrogen-bond donors (Lipinski definition) is 2. The first-order valence-corrected chi connectivity index (χ1v) is 8.59. The lowest BCUT2D eigenvalue weighted by Gasteiger charge is -2.25. The van der Waals surface area contributed by atoms with E-state index in [4.69, 9.17) is 0 Å². The molecule has 1 saturated heterocycles. The summed E-state index contributed by atoms with van der Waals surface area (Å²) in [4.78, 5) is 26.0. The molecule has 0 spiro atoms. The molecule has 2 heterocycles. The molecule has 0 bridgehead atoms. The SMILES string of the molecule is CCC(=O)N1CCCC1c1cccc(CCC(=O)Nc2nnn[nH]2)c1. The van der Waals surface area contributed by atoms with Crippen LogP contribution in [-0.2, 0) is 16.0 Å². The van der Waals surface area contributed by atoms with Crippen molar-refractivity contribution in [2.45, 2.75) is 45.1 Å². The molecule has 2 N–H and O–H groups in total. The normalized spacial score (nSPS) is 16.8. The second kappa shape index (κ2) is 7.87. The van der Waals surface area contributed by atoms with Crippen molar-refractivity contribution in [2.75, 3.05) is 11.9 Å². The van der Waals surface area contributed by atoms with E-state index < -0.39 is 0 Å².